The summed E-state index contributed by atoms with van der Waals surface area (Å²) in [5.74, 6) is 0.985. The molecule has 1 heterocycles. The van der Waals surface area contributed by atoms with Crippen molar-refractivity contribution in [2.24, 2.45) is 5.41 Å². The summed E-state index contributed by atoms with van der Waals surface area (Å²) in [5.41, 5.74) is 1.93. The van der Waals surface area contributed by atoms with Crippen LogP contribution in [0.5, 0.6) is 5.75 Å². The van der Waals surface area contributed by atoms with Gasteiger partial charge in [-0.2, -0.15) is 0 Å². The molecule has 0 spiro atoms. The number of methoxy groups -OCH3 is 1. The third kappa shape index (κ3) is 2.30. The fourth-order valence-corrected chi connectivity index (χ4v) is 2.19. The minimum Gasteiger partial charge on any atom is -0.497 e. The number of aromatic amines is 1. The van der Waals surface area contributed by atoms with Gasteiger partial charge in [-0.1, -0.05) is 6.92 Å². The second-order valence-corrected chi connectivity index (χ2v) is 5.49. The van der Waals surface area contributed by atoms with Crippen molar-refractivity contribution in [3.63, 3.8) is 0 Å². The number of hydrogen-bond acceptors (Lipinski definition) is 2. The lowest BCUT2D eigenvalue weighted by molar-refractivity contribution is -0.125. The molecule has 1 aromatic heterocycles. The van der Waals surface area contributed by atoms with E-state index in [-0.39, 0.29) is 11.3 Å². The molecule has 0 saturated heterocycles. The summed E-state index contributed by atoms with van der Waals surface area (Å²) in [4.78, 5) is 15.2. The van der Waals surface area contributed by atoms with Gasteiger partial charge in [0.05, 0.1) is 13.7 Å². The summed E-state index contributed by atoms with van der Waals surface area (Å²) < 4.78 is 5.19. The molecule has 0 atom stereocenters. The molecule has 0 radical (unpaired) electrons. The molecule has 0 aliphatic heterocycles. The van der Waals surface area contributed by atoms with Crippen LogP contribution in [0, 0.1) is 5.41 Å². The highest BCUT2D eigenvalue weighted by atomic mass is 16.5. The van der Waals surface area contributed by atoms with Crippen molar-refractivity contribution in [2.45, 2.75) is 26.3 Å². The number of ether oxygens (including phenoxy) is 1. The summed E-state index contributed by atoms with van der Waals surface area (Å²) in [6, 6.07) is 7.97. The number of aromatic nitrogens is 1. The second-order valence-electron chi connectivity index (χ2n) is 5.49. The molecular formula is C15H18N2O2. The van der Waals surface area contributed by atoms with Gasteiger partial charge < -0.3 is 15.0 Å². The molecule has 0 unspecified atom stereocenters. The van der Waals surface area contributed by atoms with Crippen LogP contribution in [-0.4, -0.2) is 18.0 Å². The van der Waals surface area contributed by atoms with Crippen LogP contribution >= 0.6 is 0 Å². The van der Waals surface area contributed by atoms with Gasteiger partial charge in [-0.15, -0.1) is 0 Å². The maximum atomic E-state index is 11.9. The first kappa shape index (κ1) is 12.1. The molecule has 4 heteroatoms. The van der Waals surface area contributed by atoms with Crippen LogP contribution in [-0.2, 0) is 11.3 Å². The Morgan fingerprint density at radius 3 is 2.89 bits per heavy atom. The predicted molar refractivity (Wildman–Crippen MR) is 74.0 cm³/mol. The van der Waals surface area contributed by atoms with E-state index < -0.39 is 0 Å². The Hall–Kier alpha value is -1.97. The van der Waals surface area contributed by atoms with Crippen molar-refractivity contribution >= 4 is 16.8 Å². The number of amides is 1. The molecule has 1 aliphatic carbocycles. The van der Waals surface area contributed by atoms with Crippen molar-refractivity contribution in [1.82, 2.24) is 10.3 Å². The van der Waals surface area contributed by atoms with Crippen LogP contribution in [0.25, 0.3) is 10.9 Å². The normalized spacial score (nSPS) is 16.3. The van der Waals surface area contributed by atoms with E-state index in [1.54, 1.807) is 7.11 Å². The largest absolute Gasteiger partial charge is 0.497 e. The monoisotopic (exact) mass is 258 g/mol. The molecule has 1 saturated carbocycles. The molecule has 2 aromatic rings. The summed E-state index contributed by atoms with van der Waals surface area (Å²) in [6.07, 6.45) is 2.01. The van der Waals surface area contributed by atoms with E-state index in [2.05, 4.69) is 16.4 Å². The second kappa shape index (κ2) is 4.30. The lowest BCUT2D eigenvalue weighted by Gasteiger charge is -2.08. The number of rotatable bonds is 4. The Balaban J connectivity index is 1.72. The van der Waals surface area contributed by atoms with Gasteiger partial charge in [0.2, 0.25) is 5.91 Å². The average molecular weight is 258 g/mol. The third-order valence-corrected chi connectivity index (χ3v) is 3.87. The smallest absolute Gasteiger partial charge is 0.226 e. The molecule has 0 bridgehead atoms. The summed E-state index contributed by atoms with van der Waals surface area (Å²) in [5, 5.41) is 4.12. The Labute approximate surface area is 112 Å². The summed E-state index contributed by atoms with van der Waals surface area (Å²) >= 11 is 0. The molecule has 2 N–H and O–H groups in total. The van der Waals surface area contributed by atoms with E-state index in [1.165, 1.54) is 0 Å². The summed E-state index contributed by atoms with van der Waals surface area (Å²) in [7, 11) is 1.65. The lowest BCUT2D eigenvalue weighted by atomic mass is 10.1. The number of carbonyl (C=O) groups excluding carboxylic acids is 1. The van der Waals surface area contributed by atoms with Crippen LogP contribution in [0.1, 0.15) is 25.5 Å². The maximum absolute atomic E-state index is 11.9. The van der Waals surface area contributed by atoms with Gasteiger partial charge in [-0.3, -0.25) is 4.79 Å². The van der Waals surface area contributed by atoms with Crippen LogP contribution < -0.4 is 10.1 Å². The summed E-state index contributed by atoms with van der Waals surface area (Å²) in [6.45, 7) is 2.56. The van der Waals surface area contributed by atoms with Crippen LogP contribution in [0.2, 0.25) is 0 Å². The average Bonchev–Trinajstić information content (AvgIpc) is 3.04. The van der Waals surface area contributed by atoms with Crippen LogP contribution in [0.4, 0.5) is 0 Å². The number of nitrogens with one attached hydrogen (secondary N) is 2. The minimum absolute atomic E-state index is 0.116. The number of H-pyrrole nitrogens is 1. The molecule has 3 rings (SSSR count). The number of benzene rings is 1. The van der Waals surface area contributed by atoms with Gasteiger partial charge in [0, 0.05) is 22.7 Å². The Kier molecular flexibility index (Phi) is 2.73. The molecule has 1 amide bonds. The molecule has 1 fully saturated rings. The molecular weight excluding hydrogens is 240 g/mol. The van der Waals surface area contributed by atoms with E-state index in [9.17, 15) is 4.79 Å². The quantitative estimate of drug-likeness (QED) is 0.885. The number of fused-ring (bicyclic) bond motifs is 1. The molecule has 1 aromatic carbocycles. The Morgan fingerprint density at radius 1 is 1.42 bits per heavy atom. The SMILES string of the molecule is COc1ccc2cc(CNC(=O)C3(C)CC3)[nH]c2c1. The van der Waals surface area contributed by atoms with Crippen LogP contribution in [0.3, 0.4) is 0 Å². The zero-order valence-corrected chi connectivity index (χ0v) is 11.2. The molecule has 1 aliphatic rings. The first-order valence-electron chi connectivity index (χ1n) is 6.55. The van der Waals surface area contributed by atoms with Gasteiger partial charge >= 0.3 is 0 Å². The van der Waals surface area contributed by atoms with Crippen molar-refractivity contribution < 1.29 is 9.53 Å². The van der Waals surface area contributed by atoms with Gasteiger partial charge in [0.15, 0.2) is 0 Å². The fourth-order valence-electron chi connectivity index (χ4n) is 2.19. The van der Waals surface area contributed by atoms with E-state index in [0.717, 1.165) is 35.2 Å². The van der Waals surface area contributed by atoms with E-state index in [1.807, 2.05) is 25.1 Å². The topological polar surface area (TPSA) is 54.1 Å². The van der Waals surface area contributed by atoms with Crippen molar-refractivity contribution in [2.75, 3.05) is 7.11 Å². The van der Waals surface area contributed by atoms with Crippen molar-refractivity contribution in [3.05, 3.63) is 30.0 Å². The van der Waals surface area contributed by atoms with Gasteiger partial charge in [-0.05, 0) is 36.4 Å². The Bertz CT molecular complexity index is 626. The number of carbonyl (C=O) groups is 1. The first-order valence-corrected chi connectivity index (χ1v) is 6.55. The molecule has 100 valence electrons. The number of hydrogen-bond donors (Lipinski definition) is 2. The third-order valence-electron chi connectivity index (χ3n) is 3.87. The van der Waals surface area contributed by atoms with E-state index in [0.29, 0.717) is 6.54 Å². The highest BCUT2D eigenvalue weighted by Gasteiger charge is 2.44. The predicted octanol–water partition coefficient (Wildman–Crippen LogP) is 2.59. The Morgan fingerprint density at radius 2 is 2.21 bits per heavy atom. The fraction of sp³-hybridized carbons (Fsp3) is 0.400. The minimum atomic E-state index is -0.116. The van der Waals surface area contributed by atoms with Gasteiger partial charge in [0.25, 0.3) is 0 Å². The molecule has 19 heavy (non-hydrogen) atoms. The first-order chi connectivity index (χ1) is 9.10. The standard InChI is InChI=1S/C15H18N2O2/c1-15(5-6-15)14(18)16-9-11-7-10-3-4-12(19-2)8-13(10)17-11/h3-4,7-8,17H,5-6,9H2,1-2H3,(H,16,18). The van der Waals surface area contributed by atoms with E-state index in [4.69, 9.17) is 4.74 Å². The maximum Gasteiger partial charge on any atom is 0.226 e. The van der Waals surface area contributed by atoms with Crippen molar-refractivity contribution in [1.29, 1.82) is 0 Å². The zero-order chi connectivity index (χ0) is 13.5. The van der Waals surface area contributed by atoms with Crippen LogP contribution in [0.15, 0.2) is 24.3 Å². The highest BCUT2D eigenvalue weighted by Crippen LogP contribution is 2.45. The van der Waals surface area contributed by atoms with E-state index >= 15 is 0 Å². The highest BCUT2D eigenvalue weighted by molar-refractivity contribution is 5.85. The van der Waals surface area contributed by atoms with Gasteiger partial charge in [0.1, 0.15) is 5.75 Å². The zero-order valence-electron chi connectivity index (χ0n) is 11.2. The van der Waals surface area contributed by atoms with Gasteiger partial charge in [-0.25, -0.2) is 0 Å². The molecule has 4 nitrogen and oxygen atoms in total. The lowest BCUT2D eigenvalue weighted by Crippen LogP contribution is -2.29. The van der Waals surface area contributed by atoms with Crippen molar-refractivity contribution in [3.8, 4) is 5.75 Å².